The second-order valence-electron chi connectivity index (χ2n) is 4.62. The molecule has 0 saturated heterocycles. The summed E-state index contributed by atoms with van der Waals surface area (Å²) in [5.41, 5.74) is 10.4. The Labute approximate surface area is 116 Å². The fourth-order valence-electron chi connectivity index (χ4n) is 2.19. The number of nitrogen functional groups attached to an aromatic ring is 1. The second-order valence-corrected chi connectivity index (χ2v) is 5.68. The first-order valence-electron chi connectivity index (χ1n) is 6.28. The van der Waals surface area contributed by atoms with Crippen LogP contribution in [0.1, 0.15) is 16.8 Å². The molecule has 0 bridgehead atoms. The van der Waals surface area contributed by atoms with Crippen LogP contribution in [0, 0.1) is 6.92 Å². The molecule has 4 heteroatoms. The highest BCUT2D eigenvalue weighted by Gasteiger charge is 2.04. The Morgan fingerprint density at radius 3 is 2.95 bits per heavy atom. The van der Waals surface area contributed by atoms with Crippen molar-refractivity contribution in [2.24, 2.45) is 0 Å². The van der Waals surface area contributed by atoms with Gasteiger partial charge in [0.2, 0.25) is 0 Å². The number of pyridine rings is 1. The molecule has 3 rings (SSSR count). The molecule has 0 unspecified atom stereocenters. The van der Waals surface area contributed by atoms with Gasteiger partial charge in [-0.15, -0.1) is 0 Å². The number of benzene rings is 1. The van der Waals surface area contributed by atoms with Gasteiger partial charge in [-0.2, -0.15) is 0 Å². The average Bonchev–Trinajstić information content (AvgIpc) is 2.77. The summed E-state index contributed by atoms with van der Waals surface area (Å²) in [5, 5.41) is 0.632. The number of aromatic nitrogens is 2. The van der Waals surface area contributed by atoms with Crippen molar-refractivity contribution in [3.05, 3.63) is 53.3 Å². The lowest BCUT2D eigenvalue weighted by Crippen LogP contribution is -1.96. The van der Waals surface area contributed by atoms with E-state index < -0.39 is 0 Å². The molecule has 0 aliphatic heterocycles. The zero-order valence-electron chi connectivity index (χ0n) is 10.8. The molecule has 1 aromatic carbocycles. The van der Waals surface area contributed by atoms with Gasteiger partial charge in [0.25, 0.3) is 0 Å². The van der Waals surface area contributed by atoms with Crippen molar-refractivity contribution in [3.8, 4) is 0 Å². The van der Waals surface area contributed by atoms with E-state index in [0.717, 1.165) is 23.1 Å². The number of rotatable bonds is 3. The summed E-state index contributed by atoms with van der Waals surface area (Å²) in [4.78, 5) is 8.70. The smallest absolute Gasteiger partial charge is 0.181 e. The Morgan fingerprint density at radius 1 is 1.21 bits per heavy atom. The molecule has 0 saturated carbocycles. The Bertz CT molecular complexity index is 718. The van der Waals surface area contributed by atoms with Crippen molar-refractivity contribution in [2.45, 2.75) is 19.8 Å². The number of thiazole rings is 1. The predicted octanol–water partition coefficient (Wildman–Crippen LogP) is 3.37. The molecule has 0 aliphatic rings. The van der Waals surface area contributed by atoms with E-state index in [-0.39, 0.29) is 0 Å². The molecule has 3 nitrogen and oxygen atoms in total. The van der Waals surface area contributed by atoms with Crippen LogP contribution in [0.3, 0.4) is 0 Å². The fraction of sp³-hybridized carbons (Fsp3) is 0.200. The monoisotopic (exact) mass is 269 g/mol. The molecule has 0 atom stereocenters. The summed E-state index contributed by atoms with van der Waals surface area (Å²) in [6, 6.07) is 10.4. The molecule has 2 N–H and O–H groups in total. The first-order valence-corrected chi connectivity index (χ1v) is 7.09. The Balaban J connectivity index is 1.80. The minimum absolute atomic E-state index is 0.632. The van der Waals surface area contributed by atoms with E-state index in [1.54, 1.807) is 11.3 Å². The Hall–Kier alpha value is -1.94. The van der Waals surface area contributed by atoms with E-state index in [9.17, 15) is 0 Å². The summed E-state index contributed by atoms with van der Waals surface area (Å²) < 4.78 is 1.16. The molecule has 19 heavy (non-hydrogen) atoms. The molecule has 2 aromatic heterocycles. The third kappa shape index (κ3) is 2.58. The maximum absolute atomic E-state index is 5.72. The quantitative estimate of drug-likeness (QED) is 0.793. The van der Waals surface area contributed by atoms with Crippen LogP contribution in [-0.4, -0.2) is 9.97 Å². The van der Waals surface area contributed by atoms with Gasteiger partial charge in [0.15, 0.2) is 5.13 Å². The summed E-state index contributed by atoms with van der Waals surface area (Å²) in [6.07, 6.45) is 3.81. The summed E-state index contributed by atoms with van der Waals surface area (Å²) in [7, 11) is 0. The first-order chi connectivity index (χ1) is 9.22. The number of fused-ring (bicyclic) bond motifs is 1. The van der Waals surface area contributed by atoms with Gasteiger partial charge in [0, 0.05) is 11.9 Å². The van der Waals surface area contributed by atoms with Gasteiger partial charge in [-0.3, -0.25) is 4.98 Å². The van der Waals surface area contributed by atoms with Crippen molar-refractivity contribution >= 4 is 26.7 Å². The minimum Gasteiger partial charge on any atom is -0.375 e. The van der Waals surface area contributed by atoms with Crippen molar-refractivity contribution in [2.75, 3.05) is 5.73 Å². The molecular formula is C15H15N3S. The van der Waals surface area contributed by atoms with Crippen molar-refractivity contribution in [1.29, 1.82) is 0 Å². The lowest BCUT2D eigenvalue weighted by Gasteiger charge is -2.04. The van der Waals surface area contributed by atoms with Crippen LogP contribution < -0.4 is 5.73 Å². The van der Waals surface area contributed by atoms with Crippen molar-refractivity contribution < 1.29 is 0 Å². The molecule has 3 aromatic rings. The summed E-state index contributed by atoms with van der Waals surface area (Å²) in [6.45, 7) is 2.11. The van der Waals surface area contributed by atoms with E-state index in [1.807, 2.05) is 18.3 Å². The highest BCUT2D eigenvalue weighted by molar-refractivity contribution is 7.22. The fourth-order valence-corrected chi connectivity index (χ4v) is 2.98. The standard InChI is InChI=1S/C15H15N3S/c1-10-3-2-8-17-12(10)6-4-11-5-7-13-14(9-11)19-15(16)18-13/h2-3,5,7-9H,4,6H2,1H3,(H2,16,18). The van der Waals surface area contributed by atoms with Crippen LogP contribution in [0.15, 0.2) is 36.5 Å². The average molecular weight is 269 g/mol. The van der Waals surface area contributed by atoms with Crippen molar-refractivity contribution in [1.82, 2.24) is 9.97 Å². The van der Waals surface area contributed by atoms with E-state index in [1.165, 1.54) is 16.8 Å². The maximum atomic E-state index is 5.72. The minimum atomic E-state index is 0.632. The molecule has 96 valence electrons. The number of hydrogen-bond donors (Lipinski definition) is 1. The van der Waals surface area contributed by atoms with Gasteiger partial charge in [0.1, 0.15) is 0 Å². The third-order valence-electron chi connectivity index (χ3n) is 3.24. The van der Waals surface area contributed by atoms with E-state index in [0.29, 0.717) is 5.13 Å². The number of nitrogens with zero attached hydrogens (tertiary/aromatic N) is 2. The molecule has 0 spiro atoms. The van der Waals surface area contributed by atoms with Crippen LogP contribution in [0.5, 0.6) is 0 Å². The topological polar surface area (TPSA) is 51.8 Å². The van der Waals surface area contributed by atoms with Crippen LogP contribution in [0.4, 0.5) is 5.13 Å². The SMILES string of the molecule is Cc1cccnc1CCc1ccc2nc(N)sc2c1. The first kappa shape index (κ1) is 12.1. The molecule has 2 heterocycles. The van der Waals surface area contributed by atoms with Gasteiger partial charge >= 0.3 is 0 Å². The number of aryl methyl sites for hydroxylation is 3. The molecule has 0 amide bonds. The van der Waals surface area contributed by atoms with Gasteiger partial charge in [-0.05, 0) is 49.1 Å². The molecular weight excluding hydrogens is 254 g/mol. The van der Waals surface area contributed by atoms with Crippen LogP contribution in [0.25, 0.3) is 10.2 Å². The van der Waals surface area contributed by atoms with Gasteiger partial charge in [0.05, 0.1) is 10.2 Å². The number of anilines is 1. The second kappa shape index (κ2) is 4.97. The molecule has 0 radical (unpaired) electrons. The third-order valence-corrected chi connectivity index (χ3v) is 4.09. The largest absolute Gasteiger partial charge is 0.375 e. The van der Waals surface area contributed by atoms with Gasteiger partial charge in [-0.25, -0.2) is 4.98 Å². The highest BCUT2D eigenvalue weighted by Crippen LogP contribution is 2.25. The van der Waals surface area contributed by atoms with E-state index in [2.05, 4.69) is 35.1 Å². The Kier molecular flexibility index (Phi) is 3.17. The summed E-state index contributed by atoms with van der Waals surface area (Å²) >= 11 is 1.54. The van der Waals surface area contributed by atoms with Crippen LogP contribution >= 0.6 is 11.3 Å². The van der Waals surface area contributed by atoms with Gasteiger partial charge < -0.3 is 5.73 Å². The molecule has 0 fully saturated rings. The van der Waals surface area contributed by atoms with Crippen LogP contribution in [-0.2, 0) is 12.8 Å². The predicted molar refractivity (Wildman–Crippen MR) is 80.4 cm³/mol. The lowest BCUT2D eigenvalue weighted by atomic mass is 10.1. The lowest BCUT2D eigenvalue weighted by molar-refractivity contribution is 0.902. The van der Waals surface area contributed by atoms with Gasteiger partial charge in [-0.1, -0.05) is 23.5 Å². The van der Waals surface area contributed by atoms with E-state index in [4.69, 9.17) is 5.73 Å². The normalized spacial score (nSPS) is 11.0. The maximum Gasteiger partial charge on any atom is 0.181 e. The zero-order valence-corrected chi connectivity index (χ0v) is 11.6. The van der Waals surface area contributed by atoms with Crippen LogP contribution in [0.2, 0.25) is 0 Å². The van der Waals surface area contributed by atoms with E-state index >= 15 is 0 Å². The zero-order chi connectivity index (χ0) is 13.2. The number of nitrogens with two attached hydrogens (primary N) is 1. The highest BCUT2D eigenvalue weighted by atomic mass is 32.1. The van der Waals surface area contributed by atoms with Crippen molar-refractivity contribution in [3.63, 3.8) is 0 Å². The summed E-state index contributed by atoms with van der Waals surface area (Å²) in [5.74, 6) is 0. The molecule has 0 aliphatic carbocycles. The number of hydrogen-bond acceptors (Lipinski definition) is 4. The Morgan fingerprint density at radius 2 is 2.11 bits per heavy atom.